The van der Waals surface area contributed by atoms with Crippen LogP contribution in [0.4, 0.5) is 5.69 Å². The number of rotatable bonds is 7. The summed E-state index contributed by atoms with van der Waals surface area (Å²) in [7, 11) is -2.25. The Morgan fingerprint density at radius 2 is 1.11 bits per heavy atom. The number of hydrogen-bond donors (Lipinski definition) is 1. The molecule has 0 amide bonds. The normalized spacial score (nSPS) is 10.9. The molecule has 0 spiro atoms. The van der Waals surface area contributed by atoms with Crippen LogP contribution in [0.25, 0.3) is 0 Å². The molecule has 27 heavy (non-hydrogen) atoms. The van der Waals surface area contributed by atoms with Crippen molar-refractivity contribution in [1.82, 2.24) is 0 Å². The van der Waals surface area contributed by atoms with Crippen molar-refractivity contribution < 1.29 is 18.3 Å². The third-order valence-corrected chi connectivity index (χ3v) is 5.37. The Morgan fingerprint density at radius 1 is 0.704 bits per heavy atom. The van der Waals surface area contributed by atoms with Gasteiger partial charge in [-0.25, -0.2) is 4.57 Å². The van der Waals surface area contributed by atoms with Gasteiger partial charge in [-0.05, 0) is 72.8 Å². The Labute approximate surface area is 167 Å². The lowest BCUT2D eigenvalue weighted by molar-refractivity contribution is 0.392. The van der Waals surface area contributed by atoms with Crippen molar-refractivity contribution in [1.29, 1.82) is 0 Å². The molecule has 3 aromatic rings. The molecule has 3 aromatic carbocycles. The zero-order valence-corrected chi connectivity index (χ0v) is 16.7. The molecule has 0 saturated carbocycles. The van der Waals surface area contributed by atoms with Gasteiger partial charge in [0.25, 0.3) is 0 Å². The molecule has 0 saturated heterocycles. The zero-order valence-electron chi connectivity index (χ0n) is 14.3. The maximum absolute atomic E-state index is 13.4. The fraction of sp³-hybridized carbons (Fsp3) is 0.0526. The van der Waals surface area contributed by atoms with Crippen LogP contribution in [-0.2, 0) is 4.57 Å². The lowest BCUT2D eigenvalue weighted by Crippen LogP contribution is -2.09. The summed E-state index contributed by atoms with van der Waals surface area (Å²) < 4.78 is 29.8. The van der Waals surface area contributed by atoms with Gasteiger partial charge in [-0.2, -0.15) is 0 Å². The molecule has 5 nitrogen and oxygen atoms in total. The van der Waals surface area contributed by atoms with Crippen molar-refractivity contribution in [3.05, 3.63) is 82.8 Å². The Balaban J connectivity index is 1.87. The van der Waals surface area contributed by atoms with Crippen LogP contribution in [0.5, 0.6) is 17.2 Å². The van der Waals surface area contributed by atoms with Gasteiger partial charge < -0.3 is 13.8 Å². The summed E-state index contributed by atoms with van der Waals surface area (Å²) in [6.07, 6.45) is 0. The first-order valence-electron chi connectivity index (χ1n) is 7.88. The molecule has 0 fully saturated rings. The molecule has 3 rings (SSSR count). The Morgan fingerprint density at radius 3 is 1.52 bits per heavy atom. The average molecular weight is 424 g/mol. The van der Waals surface area contributed by atoms with E-state index in [1.165, 1.54) is 0 Å². The van der Waals surface area contributed by atoms with Gasteiger partial charge in [-0.15, -0.1) is 0 Å². The molecular weight excluding hydrogens is 408 g/mol. The van der Waals surface area contributed by atoms with Crippen LogP contribution in [0.3, 0.4) is 0 Å². The van der Waals surface area contributed by atoms with Crippen molar-refractivity contribution in [2.75, 3.05) is 12.2 Å². The van der Waals surface area contributed by atoms with E-state index >= 15 is 0 Å². The van der Waals surface area contributed by atoms with Crippen LogP contribution in [-0.4, -0.2) is 7.11 Å². The monoisotopic (exact) mass is 423 g/mol. The van der Waals surface area contributed by atoms with Crippen LogP contribution >= 0.6 is 30.9 Å². The second-order valence-corrected chi connectivity index (χ2v) is 7.88. The van der Waals surface area contributed by atoms with Gasteiger partial charge >= 0.3 is 7.75 Å². The van der Waals surface area contributed by atoms with E-state index in [0.29, 0.717) is 33.0 Å². The second kappa shape index (κ2) is 8.57. The molecule has 0 aliphatic heterocycles. The van der Waals surface area contributed by atoms with Crippen LogP contribution in [0.15, 0.2) is 72.8 Å². The number of hydrogen-bond acceptors (Lipinski definition) is 4. The summed E-state index contributed by atoms with van der Waals surface area (Å²) in [6.45, 7) is 0. The maximum Gasteiger partial charge on any atom is 0.541 e. The third kappa shape index (κ3) is 5.57. The lowest BCUT2D eigenvalue weighted by atomic mass is 10.3. The minimum absolute atomic E-state index is 0.345. The molecule has 0 aliphatic carbocycles. The van der Waals surface area contributed by atoms with Crippen molar-refractivity contribution >= 4 is 36.6 Å². The topological polar surface area (TPSA) is 56.8 Å². The number of nitrogens with one attached hydrogen (secondary N) is 1. The molecule has 140 valence electrons. The van der Waals surface area contributed by atoms with Gasteiger partial charge in [-0.1, -0.05) is 23.2 Å². The molecule has 0 unspecified atom stereocenters. The Kier molecular flexibility index (Phi) is 6.17. The number of halogens is 2. The average Bonchev–Trinajstić information content (AvgIpc) is 2.66. The van der Waals surface area contributed by atoms with E-state index in [2.05, 4.69) is 5.09 Å². The first-order chi connectivity index (χ1) is 13.0. The van der Waals surface area contributed by atoms with Gasteiger partial charge in [0.1, 0.15) is 17.2 Å². The molecule has 0 bridgehead atoms. The van der Waals surface area contributed by atoms with Gasteiger partial charge in [0.05, 0.1) is 7.11 Å². The first kappa shape index (κ1) is 19.4. The predicted molar refractivity (Wildman–Crippen MR) is 108 cm³/mol. The Hall–Kier alpha value is -2.33. The second-order valence-electron chi connectivity index (χ2n) is 5.43. The molecule has 8 heteroatoms. The fourth-order valence-corrected chi connectivity index (χ4v) is 3.80. The first-order valence-corrected chi connectivity index (χ1v) is 10.2. The van der Waals surface area contributed by atoms with Crippen molar-refractivity contribution in [2.45, 2.75) is 0 Å². The smallest absolute Gasteiger partial charge is 0.497 e. The van der Waals surface area contributed by atoms with Crippen LogP contribution in [0, 0.1) is 0 Å². The summed E-state index contributed by atoms with van der Waals surface area (Å²) in [5.74, 6) is 1.36. The fourth-order valence-electron chi connectivity index (χ4n) is 2.16. The standard InChI is InChI=1S/C19H16Cl2NO4P/c1-24-17-12-6-16(7-13-17)22-27(23,25-18-8-2-14(20)3-9-18)26-19-10-4-15(21)5-11-19/h2-13H,1H3,(H,22,23). The number of benzene rings is 3. The largest absolute Gasteiger partial charge is 0.541 e. The maximum atomic E-state index is 13.4. The summed E-state index contributed by atoms with van der Waals surface area (Å²) in [5.41, 5.74) is 0.544. The van der Waals surface area contributed by atoms with Crippen molar-refractivity contribution in [3.8, 4) is 17.2 Å². The van der Waals surface area contributed by atoms with Gasteiger partial charge in [-0.3, -0.25) is 5.09 Å². The number of methoxy groups -OCH3 is 1. The Bertz CT molecular complexity index is 880. The lowest BCUT2D eigenvalue weighted by Gasteiger charge is -2.21. The molecule has 0 heterocycles. The molecular formula is C19H16Cl2NO4P. The van der Waals surface area contributed by atoms with Crippen molar-refractivity contribution in [3.63, 3.8) is 0 Å². The highest BCUT2D eigenvalue weighted by Crippen LogP contribution is 2.48. The van der Waals surface area contributed by atoms with E-state index in [1.807, 2.05) is 0 Å². The van der Waals surface area contributed by atoms with E-state index in [0.717, 1.165) is 0 Å². The minimum Gasteiger partial charge on any atom is -0.497 e. The van der Waals surface area contributed by atoms with Crippen molar-refractivity contribution in [2.24, 2.45) is 0 Å². The van der Waals surface area contributed by atoms with Crippen LogP contribution in [0.2, 0.25) is 10.0 Å². The molecule has 0 radical (unpaired) electrons. The SMILES string of the molecule is COc1ccc(NP(=O)(Oc2ccc(Cl)cc2)Oc2ccc(Cl)cc2)cc1. The highest BCUT2D eigenvalue weighted by atomic mass is 35.5. The van der Waals surface area contributed by atoms with Gasteiger partial charge in [0, 0.05) is 15.7 Å². The molecule has 1 N–H and O–H groups in total. The predicted octanol–water partition coefficient (Wildman–Crippen LogP) is 6.68. The summed E-state index contributed by atoms with van der Waals surface area (Å²) >= 11 is 11.8. The number of ether oxygens (including phenoxy) is 1. The van der Waals surface area contributed by atoms with E-state index < -0.39 is 7.75 Å². The van der Waals surface area contributed by atoms with E-state index in [9.17, 15) is 4.57 Å². The number of anilines is 1. The summed E-state index contributed by atoms with van der Waals surface area (Å²) in [4.78, 5) is 0. The third-order valence-electron chi connectivity index (χ3n) is 3.43. The summed E-state index contributed by atoms with van der Waals surface area (Å²) in [5, 5.41) is 3.90. The zero-order chi connectivity index (χ0) is 19.3. The van der Waals surface area contributed by atoms with Gasteiger partial charge in [0.15, 0.2) is 0 Å². The van der Waals surface area contributed by atoms with Crippen LogP contribution in [0.1, 0.15) is 0 Å². The van der Waals surface area contributed by atoms with E-state index in [4.69, 9.17) is 37.0 Å². The summed E-state index contributed by atoms with van der Waals surface area (Å²) in [6, 6.07) is 19.9. The molecule has 0 atom stereocenters. The highest BCUT2D eigenvalue weighted by Gasteiger charge is 2.29. The molecule has 0 aromatic heterocycles. The van der Waals surface area contributed by atoms with Crippen LogP contribution < -0.4 is 18.9 Å². The van der Waals surface area contributed by atoms with E-state index in [-0.39, 0.29) is 0 Å². The molecule has 0 aliphatic rings. The quantitative estimate of drug-likeness (QED) is 0.429. The minimum atomic E-state index is -3.82. The highest BCUT2D eigenvalue weighted by molar-refractivity contribution is 7.56. The van der Waals surface area contributed by atoms with E-state index in [1.54, 1.807) is 79.9 Å². The van der Waals surface area contributed by atoms with Gasteiger partial charge in [0.2, 0.25) is 0 Å².